The first kappa shape index (κ1) is 19.2. The molecule has 23 heavy (non-hydrogen) atoms. The molecule has 2 rings (SSSR count). The summed E-state index contributed by atoms with van der Waals surface area (Å²) in [6.45, 7) is 26.9. The highest BCUT2D eigenvalue weighted by Crippen LogP contribution is 2.47. The van der Waals surface area contributed by atoms with E-state index < -0.39 is 0 Å². The molecule has 0 amide bonds. The standard InChI is InChI=1S/C21H42N2/c1-16(2)22-12-18(13-22)20(7,8)11-10-17(3)23-14-21(9,15-23)19(4,5)6/h16-18H,10-15H2,1-9H3. The normalized spacial score (nSPS) is 25.3. The van der Waals surface area contributed by atoms with Gasteiger partial charge >= 0.3 is 0 Å². The zero-order chi connectivity index (χ0) is 17.6. The van der Waals surface area contributed by atoms with Crippen molar-refractivity contribution in [3.63, 3.8) is 0 Å². The van der Waals surface area contributed by atoms with Crippen molar-refractivity contribution in [2.45, 2.75) is 87.2 Å². The average molecular weight is 323 g/mol. The van der Waals surface area contributed by atoms with Crippen LogP contribution in [0.2, 0.25) is 0 Å². The van der Waals surface area contributed by atoms with E-state index in [0.29, 0.717) is 16.2 Å². The third-order valence-corrected chi connectivity index (χ3v) is 7.49. The van der Waals surface area contributed by atoms with Crippen LogP contribution in [0.15, 0.2) is 0 Å². The van der Waals surface area contributed by atoms with Crippen molar-refractivity contribution in [1.82, 2.24) is 9.80 Å². The second kappa shape index (κ2) is 6.33. The van der Waals surface area contributed by atoms with Crippen LogP contribution < -0.4 is 0 Å². The van der Waals surface area contributed by atoms with Crippen molar-refractivity contribution in [2.24, 2.45) is 22.2 Å². The first-order valence-corrected chi connectivity index (χ1v) is 9.84. The van der Waals surface area contributed by atoms with E-state index >= 15 is 0 Å². The topological polar surface area (TPSA) is 6.48 Å². The first-order chi connectivity index (χ1) is 10.4. The predicted octanol–water partition coefficient (Wildman–Crippen LogP) is 4.89. The third kappa shape index (κ3) is 3.95. The maximum absolute atomic E-state index is 2.71. The molecule has 0 aromatic carbocycles. The molecule has 2 aliphatic heterocycles. The molecule has 0 aromatic heterocycles. The van der Waals surface area contributed by atoms with Gasteiger partial charge in [-0.3, -0.25) is 4.90 Å². The third-order valence-electron chi connectivity index (χ3n) is 7.49. The van der Waals surface area contributed by atoms with E-state index in [4.69, 9.17) is 0 Å². The maximum atomic E-state index is 2.71. The Balaban J connectivity index is 1.74. The number of likely N-dealkylation sites (tertiary alicyclic amines) is 2. The van der Waals surface area contributed by atoms with Gasteiger partial charge in [0.25, 0.3) is 0 Å². The highest BCUT2D eigenvalue weighted by Gasteiger charge is 2.48. The Hall–Kier alpha value is -0.0800. The summed E-state index contributed by atoms with van der Waals surface area (Å²) in [6, 6.07) is 1.46. The van der Waals surface area contributed by atoms with Crippen molar-refractivity contribution in [1.29, 1.82) is 0 Å². The van der Waals surface area contributed by atoms with Crippen molar-refractivity contribution < 1.29 is 0 Å². The van der Waals surface area contributed by atoms with Gasteiger partial charge in [0.1, 0.15) is 0 Å². The number of hydrogen-bond donors (Lipinski definition) is 0. The zero-order valence-corrected chi connectivity index (χ0v) is 17.4. The van der Waals surface area contributed by atoms with E-state index in [1.165, 1.54) is 39.0 Å². The average Bonchev–Trinajstić information content (AvgIpc) is 2.27. The largest absolute Gasteiger partial charge is 0.300 e. The number of hydrogen-bond acceptors (Lipinski definition) is 2. The van der Waals surface area contributed by atoms with Gasteiger partial charge in [-0.15, -0.1) is 0 Å². The summed E-state index contributed by atoms with van der Waals surface area (Å²) in [4.78, 5) is 5.32. The van der Waals surface area contributed by atoms with E-state index in [2.05, 4.69) is 72.1 Å². The first-order valence-electron chi connectivity index (χ1n) is 9.84. The van der Waals surface area contributed by atoms with Gasteiger partial charge in [-0.05, 0) is 55.8 Å². The molecular formula is C21H42N2. The minimum absolute atomic E-state index is 0.425. The summed E-state index contributed by atoms with van der Waals surface area (Å²) in [5, 5.41) is 0. The molecular weight excluding hydrogens is 280 g/mol. The fraction of sp³-hybridized carbons (Fsp3) is 1.00. The molecule has 0 radical (unpaired) electrons. The molecule has 2 nitrogen and oxygen atoms in total. The Morgan fingerprint density at radius 2 is 1.48 bits per heavy atom. The molecule has 1 unspecified atom stereocenters. The van der Waals surface area contributed by atoms with E-state index in [1.807, 2.05) is 0 Å². The molecule has 0 aliphatic carbocycles. The Morgan fingerprint density at radius 1 is 0.957 bits per heavy atom. The van der Waals surface area contributed by atoms with Crippen LogP contribution in [-0.4, -0.2) is 48.1 Å². The monoisotopic (exact) mass is 322 g/mol. The Labute approximate surface area is 146 Å². The molecule has 2 saturated heterocycles. The van der Waals surface area contributed by atoms with Crippen LogP contribution >= 0.6 is 0 Å². The van der Waals surface area contributed by atoms with Gasteiger partial charge in [0.2, 0.25) is 0 Å². The Bertz CT molecular complexity index is 393. The minimum Gasteiger partial charge on any atom is -0.300 e. The summed E-state index contributed by atoms with van der Waals surface area (Å²) >= 11 is 0. The summed E-state index contributed by atoms with van der Waals surface area (Å²) in [5.41, 5.74) is 1.43. The molecule has 0 N–H and O–H groups in total. The molecule has 2 aliphatic rings. The van der Waals surface area contributed by atoms with Crippen molar-refractivity contribution in [3.05, 3.63) is 0 Å². The fourth-order valence-corrected chi connectivity index (χ4v) is 4.03. The smallest absolute Gasteiger partial charge is 0.00676 e. The number of rotatable bonds is 6. The molecule has 2 fully saturated rings. The van der Waals surface area contributed by atoms with Gasteiger partial charge in [0, 0.05) is 38.3 Å². The van der Waals surface area contributed by atoms with Crippen LogP contribution in [0.4, 0.5) is 0 Å². The SMILES string of the molecule is CC(C)N1CC(C(C)(C)CCC(C)N2CC(C)(C(C)(C)C)C2)C1. The van der Waals surface area contributed by atoms with E-state index in [1.54, 1.807) is 0 Å². The molecule has 2 heteroatoms. The van der Waals surface area contributed by atoms with Gasteiger partial charge in [0.15, 0.2) is 0 Å². The Kier molecular flexibility index (Phi) is 5.30. The molecule has 136 valence electrons. The molecule has 0 spiro atoms. The van der Waals surface area contributed by atoms with Gasteiger partial charge in [-0.25, -0.2) is 0 Å². The quantitative estimate of drug-likeness (QED) is 0.687. The second-order valence-corrected chi connectivity index (χ2v) is 10.8. The fourth-order valence-electron chi connectivity index (χ4n) is 4.03. The summed E-state index contributed by atoms with van der Waals surface area (Å²) < 4.78 is 0. The number of nitrogens with zero attached hydrogens (tertiary/aromatic N) is 2. The van der Waals surface area contributed by atoms with Gasteiger partial charge < -0.3 is 4.90 Å². The van der Waals surface area contributed by atoms with Gasteiger partial charge in [-0.2, -0.15) is 0 Å². The summed E-state index contributed by atoms with van der Waals surface area (Å²) in [5.74, 6) is 0.897. The van der Waals surface area contributed by atoms with Gasteiger partial charge in [-0.1, -0.05) is 41.5 Å². The Morgan fingerprint density at radius 3 is 1.91 bits per heavy atom. The van der Waals surface area contributed by atoms with Crippen molar-refractivity contribution in [3.8, 4) is 0 Å². The zero-order valence-electron chi connectivity index (χ0n) is 17.4. The van der Waals surface area contributed by atoms with Gasteiger partial charge in [0.05, 0.1) is 0 Å². The highest BCUT2D eigenvalue weighted by atomic mass is 15.2. The van der Waals surface area contributed by atoms with E-state index in [-0.39, 0.29) is 0 Å². The molecule has 0 bridgehead atoms. The van der Waals surface area contributed by atoms with Crippen LogP contribution in [0.5, 0.6) is 0 Å². The summed E-state index contributed by atoms with van der Waals surface area (Å²) in [7, 11) is 0. The lowest BCUT2D eigenvalue weighted by molar-refractivity contribution is -0.0892. The minimum atomic E-state index is 0.425. The molecule has 1 atom stereocenters. The van der Waals surface area contributed by atoms with Crippen LogP contribution in [0, 0.1) is 22.2 Å². The van der Waals surface area contributed by atoms with Crippen LogP contribution in [-0.2, 0) is 0 Å². The highest BCUT2D eigenvalue weighted by molar-refractivity contribution is 5.01. The predicted molar refractivity (Wildman–Crippen MR) is 102 cm³/mol. The van der Waals surface area contributed by atoms with Crippen molar-refractivity contribution >= 4 is 0 Å². The van der Waals surface area contributed by atoms with Crippen LogP contribution in [0.1, 0.15) is 75.2 Å². The maximum Gasteiger partial charge on any atom is 0.00676 e. The molecule has 0 saturated carbocycles. The van der Waals surface area contributed by atoms with Crippen molar-refractivity contribution in [2.75, 3.05) is 26.2 Å². The lowest BCUT2D eigenvalue weighted by atomic mass is 9.62. The molecule has 2 heterocycles. The van der Waals surface area contributed by atoms with Crippen LogP contribution in [0.3, 0.4) is 0 Å². The summed E-state index contributed by atoms with van der Waals surface area (Å²) in [6.07, 6.45) is 2.72. The van der Waals surface area contributed by atoms with E-state index in [0.717, 1.165) is 18.0 Å². The molecule has 0 aromatic rings. The lowest BCUT2D eigenvalue weighted by Gasteiger charge is -2.58. The van der Waals surface area contributed by atoms with Crippen LogP contribution in [0.25, 0.3) is 0 Å². The van der Waals surface area contributed by atoms with E-state index in [9.17, 15) is 0 Å². The lowest BCUT2D eigenvalue weighted by Crippen LogP contribution is -2.63. The second-order valence-electron chi connectivity index (χ2n) is 10.8.